The number of piperazine rings is 1. The summed E-state index contributed by atoms with van der Waals surface area (Å²) in [6, 6.07) is 10.3. The number of hydrogen-bond acceptors (Lipinski definition) is 5. The maximum atomic E-state index is 12.4. The molecule has 0 saturated carbocycles. The number of carbonyl (C=O) groups excluding carboxylic acids is 2. The summed E-state index contributed by atoms with van der Waals surface area (Å²) in [5.41, 5.74) is 0.467. The maximum Gasteiger partial charge on any atom is 0.319 e. The number of urea groups is 1. The summed E-state index contributed by atoms with van der Waals surface area (Å²) in [7, 11) is 1.51. The predicted octanol–water partition coefficient (Wildman–Crippen LogP) is 2.60. The summed E-state index contributed by atoms with van der Waals surface area (Å²) in [5.74, 6) is 1.45. The largest absolute Gasteiger partial charge is 0.495 e. The molecule has 2 heterocycles. The van der Waals surface area contributed by atoms with Crippen molar-refractivity contribution >= 4 is 35.0 Å². The number of carbonyl (C=O) groups is 2. The summed E-state index contributed by atoms with van der Waals surface area (Å²) in [6.45, 7) is 3.01. The number of hydrogen-bond donors (Lipinski definition) is 2. The van der Waals surface area contributed by atoms with Gasteiger partial charge in [0, 0.05) is 50.4 Å². The molecule has 154 valence electrons. The van der Waals surface area contributed by atoms with E-state index in [-0.39, 0.29) is 18.9 Å². The molecule has 1 aliphatic heterocycles. The Kier molecular flexibility index (Phi) is 7.13. The minimum atomic E-state index is -0.418. The predicted molar refractivity (Wildman–Crippen MR) is 113 cm³/mol. The second-order valence-corrected chi connectivity index (χ2v) is 6.97. The van der Waals surface area contributed by atoms with Crippen LogP contribution in [0, 0.1) is 0 Å². The molecule has 0 radical (unpaired) electrons. The zero-order valence-electron chi connectivity index (χ0n) is 16.2. The topological polar surface area (TPSA) is 86.8 Å². The molecule has 0 aliphatic carbocycles. The van der Waals surface area contributed by atoms with E-state index in [1.165, 1.54) is 7.11 Å². The van der Waals surface area contributed by atoms with E-state index in [1.807, 2.05) is 23.1 Å². The second kappa shape index (κ2) is 9.97. The number of rotatable bonds is 6. The molecule has 1 fully saturated rings. The fraction of sp³-hybridized carbons (Fsp3) is 0.350. The van der Waals surface area contributed by atoms with Crippen LogP contribution in [0.3, 0.4) is 0 Å². The van der Waals surface area contributed by atoms with Crippen molar-refractivity contribution in [2.45, 2.75) is 6.42 Å². The molecule has 0 spiro atoms. The van der Waals surface area contributed by atoms with Crippen molar-refractivity contribution in [1.82, 2.24) is 15.2 Å². The number of halogens is 1. The third-order valence-electron chi connectivity index (χ3n) is 4.64. The van der Waals surface area contributed by atoms with E-state index < -0.39 is 6.03 Å². The molecule has 1 saturated heterocycles. The van der Waals surface area contributed by atoms with Crippen molar-refractivity contribution < 1.29 is 14.3 Å². The van der Waals surface area contributed by atoms with E-state index in [4.69, 9.17) is 16.3 Å². The number of aromatic nitrogens is 1. The lowest BCUT2D eigenvalue weighted by molar-refractivity contribution is -0.131. The fourth-order valence-corrected chi connectivity index (χ4v) is 3.28. The van der Waals surface area contributed by atoms with Gasteiger partial charge in [-0.1, -0.05) is 17.7 Å². The summed E-state index contributed by atoms with van der Waals surface area (Å²) < 4.78 is 5.19. The van der Waals surface area contributed by atoms with Gasteiger partial charge in [0.15, 0.2) is 0 Å². The van der Waals surface area contributed by atoms with Gasteiger partial charge in [-0.05, 0) is 30.3 Å². The molecule has 29 heavy (non-hydrogen) atoms. The van der Waals surface area contributed by atoms with Crippen LogP contribution in [0.1, 0.15) is 6.42 Å². The standard InChI is InChI=1S/C20H24ClN5O3/c1-29-17-6-5-15(21)14-16(17)24-20(28)23-9-7-19(27)26-12-10-25(11-13-26)18-4-2-3-8-22-18/h2-6,8,14H,7,9-13H2,1H3,(H2,23,24,28). The second-order valence-electron chi connectivity index (χ2n) is 6.53. The van der Waals surface area contributed by atoms with Crippen LogP contribution in [0.25, 0.3) is 0 Å². The Morgan fingerprint density at radius 1 is 1.17 bits per heavy atom. The number of methoxy groups -OCH3 is 1. The Balaban J connectivity index is 1.40. The Morgan fingerprint density at radius 2 is 1.97 bits per heavy atom. The van der Waals surface area contributed by atoms with Gasteiger partial charge in [0.1, 0.15) is 11.6 Å². The van der Waals surface area contributed by atoms with Crippen LogP contribution in [0.4, 0.5) is 16.3 Å². The van der Waals surface area contributed by atoms with Crippen LogP contribution in [0.2, 0.25) is 5.02 Å². The highest BCUT2D eigenvalue weighted by Crippen LogP contribution is 2.27. The van der Waals surface area contributed by atoms with Gasteiger partial charge in [-0.2, -0.15) is 0 Å². The molecule has 2 N–H and O–H groups in total. The highest BCUT2D eigenvalue weighted by molar-refractivity contribution is 6.31. The molecule has 0 bridgehead atoms. The van der Waals surface area contributed by atoms with Crippen LogP contribution in [0.5, 0.6) is 5.75 Å². The van der Waals surface area contributed by atoms with E-state index >= 15 is 0 Å². The Bertz CT molecular complexity index is 841. The number of nitrogens with zero attached hydrogens (tertiary/aromatic N) is 3. The molecule has 1 aromatic heterocycles. The molecule has 2 aromatic rings. The van der Waals surface area contributed by atoms with E-state index in [0.717, 1.165) is 18.9 Å². The first-order chi connectivity index (χ1) is 14.1. The number of nitrogens with one attached hydrogen (secondary N) is 2. The quantitative estimate of drug-likeness (QED) is 0.754. The molecular formula is C20H24ClN5O3. The maximum absolute atomic E-state index is 12.4. The molecule has 9 heteroatoms. The molecule has 1 aromatic carbocycles. The van der Waals surface area contributed by atoms with E-state index in [1.54, 1.807) is 24.4 Å². The van der Waals surface area contributed by atoms with Gasteiger partial charge >= 0.3 is 6.03 Å². The Morgan fingerprint density at radius 3 is 2.66 bits per heavy atom. The highest BCUT2D eigenvalue weighted by atomic mass is 35.5. The molecule has 0 atom stereocenters. The summed E-state index contributed by atoms with van der Waals surface area (Å²) >= 11 is 5.95. The van der Waals surface area contributed by atoms with Crippen LogP contribution < -0.4 is 20.3 Å². The lowest BCUT2D eigenvalue weighted by Crippen LogP contribution is -2.49. The molecule has 0 unspecified atom stereocenters. The minimum Gasteiger partial charge on any atom is -0.495 e. The van der Waals surface area contributed by atoms with Gasteiger partial charge < -0.3 is 25.2 Å². The van der Waals surface area contributed by atoms with Crippen molar-refractivity contribution in [2.75, 3.05) is 50.1 Å². The van der Waals surface area contributed by atoms with E-state index in [0.29, 0.717) is 29.5 Å². The van der Waals surface area contributed by atoms with Crippen molar-refractivity contribution in [3.63, 3.8) is 0 Å². The number of ether oxygens (including phenoxy) is 1. The van der Waals surface area contributed by atoms with Crippen LogP contribution >= 0.6 is 11.6 Å². The zero-order chi connectivity index (χ0) is 20.6. The molecule has 3 rings (SSSR count). The van der Waals surface area contributed by atoms with Gasteiger partial charge in [0.05, 0.1) is 12.8 Å². The third-order valence-corrected chi connectivity index (χ3v) is 4.87. The number of amides is 3. The average molecular weight is 418 g/mol. The lowest BCUT2D eigenvalue weighted by Gasteiger charge is -2.35. The van der Waals surface area contributed by atoms with Crippen LogP contribution in [-0.4, -0.2) is 61.7 Å². The zero-order valence-corrected chi connectivity index (χ0v) is 17.0. The summed E-state index contributed by atoms with van der Waals surface area (Å²) in [5, 5.41) is 5.86. The first-order valence-corrected chi connectivity index (χ1v) is 9.77. The summed E-state index contributed by atoms with van der Waals surface area (Å²) in [6.07, 6.45) is 2.01. The van der Waals surface area contributed by atoms with Crippen LogP contribution in [0.15, 0.2) is 42.6 Å². The normalized spacial score (nSPS) is 13.7. The van der Waals surface area contributed by atoms with Crippen molar-refractivity contribution in [3.05, 3.63) is 47.6 Å². The monoisotopic (exact) mass is 417 g/mol. The van der Waals surface area contributed by atoms with E-state index in [9.17, 15) is 9.59 Å². The van der Waals surface area contributed by atoms with Gasteiger partial charge in [0.2, 0.25) is 5.91 Å². The Labute approximate surface area is 174 Å². The third kappa shape index (κ3) is 5.74. The smallest absolute Gasteiger partial charge is 0.319 e. The van der Waals surface area contributed by atoms with Crippen molar-refractivity contribution in [2.24, 2.45) is 0 Å². The fourth-order valence-electron chi connectivity index (χ4n) is 3.11. The van der Waals surface area contributed by atoms with Gasteiger partial charge in [-0.15, -0.1) is 0 Å². The van der Waals surface area contributed by atoms with E-state index in [2.05, 4.69) is 20.5 Å². The molecule has 8 nitrogen and oxygen atoms in total. The van der Waals surface area contributed by atoms with Crippen molar-refractivity contribution in [1.29, 1.82) is 0 Å². The van der Waals surface area contributed by atoms with Crippen molar-refractivity contribution in [3.8, 4) is 5.75 Å². The first kappa shape index (κ1) is 20.7. The van der Waals surface area contributed by atoms with Crippen LogP contribution in [-0.2, 0) is 4.79 Å². The molecular weight excluding hydrogens is 394 g/mol. The lowest BCUT2D eigenvalue weighted by atomic mass is 10.2. The van der Waals surface area contributed by atoms with Gasteiger partial charge in [0.25, 0.3) is 0 Å². The average Bonchev–Trinajstić information content (AvgIpc) is 2.74. The van der Waals surface area contributed by atoms with Gasteiger partial charge in [-0.3, -0.25) is 4.79 Å². The molecule has 1 aliphatic rings. The minimum absolute atomic E-state index is 0.0197. The highest BCUT2D eigenvalue weighted by Gasteiger charge is 2.21. The SMILES string of the molecule is COc1ccc(Cl)cc1NC(=O)NCCC(=O)N1CCN(c2ccccn2)CC1. The van der Waals surface area contributed by atoms with Gasteiger partial charge in [-0.25, -0.2) is 9.78 Å². The number of benzene rings is 1. The number of anilines is 2. The Hall–Kier alpha value is -3.00. The first-order valence-electron chi connectivity index (χ1n) is 9.39. The summed E-state index contributed by atoms with van der Waals surface area (Å²) in [4.78, 5) is 32.8. The molecule has 3 amide bonds. The number of pyridine rings is 1.